The lowest BCUT2D eigenvalue weighted by Crippen LogP contribution is -2.25. The molecule has 1 aromatic heterocycles. The summed E-state index contributed by atoms with van der Waals surface area (Å²) in [5, 5.41) is 6.42. The van der Waals surface area contributed by atoms with Crippen LogP contribution in [0.25, 0.3) is 5.69 Å². The largest absolute Gasteiger partial charge is 0.345 e. The van der Waals surface area contributed by atoms with Gasteiger partial charge >= 0.3 is 0 Å². The zero-order chi connectivity index (χ0) is 22.1. The smallest absolute Gasteiger partial charge is 0.259 e. The highest BCUT2D eigenvalue weighted by Gasteiger charge is 2.27. The third-order valence-corrected chi connectivity index (χ3v) is 5.67. The number of para-hydroxylation sites is 1. The van der Waals surface area contributed by atoms with E-state index in [1.165, 1.54) is 42.1 Å². The van der Waals surface area contributed by atoms with E-state index in [1.807, 2.05) is 18.2 Å². The number of carbonyl (C=O) groups excluding carboxylic acids is 2. The Balaban J connectivity index is 2.04. The van der Waals surface area contributed by atoms with E-state index in [0.717, 1.165) is 6.26 Å². The van der Waals surface area contributed by atoms with E-state index in [-0.39, 0.29) is 27.0 Å². The van der Waals surface area contributed by atoms with E-state index in [0.29, 0.717) is 5.69 Å². The monoisotopic (exact) mass is 447 g/mol. The summed E-state index contributed by atoms with van der Waals surface area (Å²) in [5.74, 6) is -1.17. The van der Waals surface area contributed by atoms with Crippen LogP contribution in [0.2, 0.25) is 5.02 Å². The molecule has 1 heterocycles. The molecule has 0 radical (unpaired) electrons. The predicted octanol–water partition coefficient (Wildman–Crippen LogP) is 2.28. The summed E-state index contributed by atoms with van der Waals surface area (Å²) in [4.78, 5) is 30.4. The van der Waals surface area contributed by atoms with Crippen molar-refractivity contribution in [1.82, 2.24) is 19.7 Å². The van der Waals surface area contributed by atoms with E-state index in [4.69, 9.17) is 11.6 Å². The van der Waals surface area contributed by atoms with Gasteiger partial charge in [0, 0.05) is 20.4 Å². The Bertz CT molecular complexity index is 1220. The summed E-state index contributed by atoms with van der Waals surface area (Å²) >= 11 is 6.34. The van der Waals surface area contributed by atoms with E-state index >= 15 is 0 Å². The van der Waals surface area contributed by atoms with Crippen molar-refractivity contribution in [1.29, 1.82) is 0 Å². The van der Waals surface area contributed by atoms with Crippen LogP contribution in [0.3, 0.4) is 0 Å². The Hall–Kier alpha value is -3.24. The van der Waals surface area contributed by atoms with Gasteiger partial charge in [-0.3, -0.25) is 14.9 Å². The quantitative estimate of drug-likeness (QED) is 0.641. The minimum Gasteiger partial charge on any atom is -0.345 e. The van der Waals surface area contributed by atoms with Crippen LogP contribution in [0.4, 0.5) is 5.95 Å². The molecule has 0 aliphatic rings. The molecule has 0 atom stereocenters. The molecule has 3 rings (SSSR count). The first-order chi connectivity index (χ1) is 14.1. The van der Waals surface area contributed by atoms with Gasteiger partial charge in [0.15, 0.2) is 9.84 Å². The molecule has 0 saturated heterocycles. The van der Waals surface area contributed by atoms with Crippen LogP contribution in [0, 0.1) is 0 Å². The Morgan fingerprint density at radius 1 is 1.10 bits per heavy atom. The number of benzene rings is 2. The number of nitrogens with zero attached hydrogens (tertiary/aromatic N) is 4. The molecule has 2 amide bonds. The van der Waals surface area contributed by atoms with Crippen LogP contribution in [-0.2, 0) is 9.84 Å². The summed E-state index contributed by atoms with van der Waals surface area (Å²) in [6.45, 7) is 0. The van der Waals surface area contributed by atoms with Gasteiger partial charge in [0.2, 0.25) is 5.95 Å². The fourth-order valence-corrected chi connectivity index (χ4v) is 3.98. The number of carbonyl (C=O) groups is 2. The molecule has 0 fully saturated rings. The van der Waals surface area contributed by atoms with Crippen molar-refractivity contribution in [2.24, 2.45) is 0 Å². The molecule has 0 unspecified atom stereocenters. The van der Waals surface area contributed by atoms with Crippen molar-refractivity contribution < 1.29 is 18.0 Å². The number of sulfone groups is 1. The molecule has 156 valence electrons. The van der Waals surface area contributed by atoms with Crippen molar-refractivity contribution in [3.05, 3.63) is 64.9 Å². The minimum atomic E-state index is -3.76. The molecule has 30 heavy (non-hydrogen) atoms. The molecular weight excluding hydrogens is 430 g/mol. The molecule has 9 nitrogen and oxygen atoms in total. The number of halogens is 1. The summed E-state index contributed by atoms with van der Waals surface area (Å²) in [6.07, 6.45) is 2.24. The summed E-state index contributed by atoms with van der Waals surface area (Å²) in [7, 11) is -0.843. The zero-order valence-electron chi connectivity index (χ0n) is 16.3. The molecular formula is C19H18ClN5O4S. The summed E-state index contributed by atoms with van der Waals surface area (Å²) in [5.41, 5.74) is 0.338. The summed E-state index contributed by atoms with van der Waals surface area (Å²) in [6, 6.07) is 11.5. The van der Waals surface area contributed by atoms with Gasteiger partial charge in [-0.2, -0.15) is 14.8 Å². The summed E-state index contributed by atoms with van der Waals surface area (Å²) < 4.78 is 25.7. The van der Waals surface area contributed by atoms with Gasteiger partial charge < -0.3 is 4.90 Å². The second kappa shape index (κ2) is 8.25. The van der Waals surface area contributed by atoms with Crippen molar-refractivity contribution in [3.63, 3.8) is 0 Å². The fourth-order valence-electron chi connectivity index (χ4n) is 2.72. The van der Waals surface area contributed by atoms with Crippen LogP contribution in [0.1, 0.15) is 20.7 Å². The predicted molar refractivity (Wildman–Crippen MR) is 112 cm³/mol. The number of rotatable bonds is 5. The zero-order valence-corrected chi connectivity index (χ0v) is 17.9. The fraction of sp³-hybridized carbons (Fsp3) is 0.158. The lowest BCUT2D eigenvalue weighted by Gasteiger charge is -2.17. The standard InChI is InChI=1S/C19H18ClN5O4S/c1-24(2)18(27)15-14(30(3,28)29)10-9-13(16(15)20)17(26)23-19-21-11-22-25(19)12-7-5-4-6-8-12/h4-11H,1-3H3,(H,21,22,23,26). The van der Waals surface area contributed by atoms with Crippen LogP contribution in [0.5, 0.6) is 0 Å². The number of hydrogen-bond acceptors (Lipinski definition) is 6. The van der Waals surface area contributed by atoms with Gasteiger partial charge in [-0.25, -0.2) is 8.42 Å². The highest BCUT2D eigenvalue weighted by atomic mass is 35.5. The lowest BCUT2D eigenvalue weighted by atomic mass is 10.1. The van der Waals surface area contributed by atoms with Gasteiger partial charge in [-0.1, -0.05) is 29.8 Å². The van der Waals surface area contributed by atoms with Gasteiger partial charge in [0.05, 0.1) is 26.7 Å². The number of amides is 2. The number of aromatic nitrogens is 3. The average Bonchev–Trinajstić information content (AvgIpc) is 3.15. The lowest BCUT2D eigenvalue weighted by molar-refractivity contribution is 0.0824. The molecule has 0 aliphatic carbocycles. The second-order valence-corrected chi connectivity index (χ2v) is 8.92. The van der Waals surface area contributed by atoms with Crippen molar-refractivity contribution in [2.75, 3.05) is 25.7 Å². The number of anilines is 1. The highest BCUT2D eigenvalue weighted by Crippen LogP contribution is 2.29. The topological polar surface area (TPSA) is 114 Å². The Labute approximate surface area is 178 Å². The van der Waals surface area contributed by atoms with Gasteiger partial charge in [0.1, 0.15) is 6.33 Å². The normalized spacial score (nSPS) is 11.2. The Kier molecular flexibility index (Phi) is 5.90. The van der Waals surface area contributed by atoms with Crippen LogP contribution in [0.15, 0.2) is 53.7 Å². The first-order valence-electron chi connectivity index (χ1n) is 8.62. The van der Waals surface area contributed by atoms with Crippen molar-refractivity contribution in [2.45, 2.75) is 4.90 Å². The molecule has 11 heteroatoms. The van der Waals surface area contributed by atoms with Crippen molar-refractivity contribution in [3.8, 4) is 5.69 Å². The molecule has 0 aliphatic heterocycles. The third kappa shape index (κ3) is 4.19. The molecule has 0 saturated carbocycles. The minimum absolute atomic E-state index is 0.0723. The van der Waals surface area contributed by atoms with Crippen LogP contribution in [-0.4, -0.2) is 60.2 Å². The van der Waals surface area contributed by atoms with E-state index in [1.54, 1.807) is 12.1 Å². The van der Waals surface area contributed by atoms with Crippen LogP contribution >= 0.6 is 11.6 Å². The highest BCUT2D eigenvalue weighted by molar-refractivity contribution is 7.90. The van der Waals surface area contributed by atoms with Gasteiger partial charge in [-0.05, 0) is 24.3 Å². The van der Waals surface area contributed by atoms with E-state index in [9.17, 15) is 18.0 Å². The molecule has 3 aromatic rings. The van der Waals surface area contributed by atoms with Crippen molar-refractivity contribution >= 4 is 39.2 Å². The maximum atomic E-state index is 12.9. The average molecular weight is 448 g/mol. The van der Waals surface area contributed by atoms with E-state index in [2.05, 4.69) is 15.4 Å². The number of nitrogens with one attached hydrogen (secondary N) is 1. The maximum absolute atomic E-state index is 12.9. The first-order valence-corrected chi connectivity index (χ1v) is 10.9. The molecule has 0 bridgehead atoms. The molecule has 0 spiro atoms. The Morgan fingerprint density at radius 2 is 1.77 bits per heavy atom. The van der Waals surface area contributed by atoms with E-state index < -0.39 is 21.7 Å². The third-order valence-electron chi connectivity index (χ3n) is 4.14. The SMILES string of the molecule is CN(C)C(=O)c1c(S(C)(=O)=O)ccc(C(=O)Nc2ncnn2-c2ccccc2)c1Cl. The number of hydrogen-bond donors (Lipinski definition) is 1. The first kappa shape index (κ1) is 21.5. The molecule has 1 N–H and O–H groups in total. The molecule has 2 aromatic carbocycles. The maximum Gasteiger partial charge on any atom is 0.259 e. The second-order valence-electron chi connectivity index (χ2n) is 6.56. The van der Waals surface area contributed by atoms with Gasteiger partial charge in [-0.15, -0.1) is 0 Å². The Morgan fingerprint density at radius 3 is 2.37 bits per heavy atom. The van der Waals surface area contributed by atoms with Crippen LogP contribution < -0.4 is 5.32 Å². The van der Waals surface area contributed by atoms with Gasteiger partial charge in [0.25, 0.3) is 11.8 Å².